The van der Waals surface area contributed by atoms with Crippen LogP contribution in [0, 0.1) is 10.5 Å². The van der Waals surface area contributed by atoms with Gasteiger partial charge in [0.15, 0.2) is 11.5 Å². The van der Waals surface area contributed by atoms with Gasteiger partial charge in [-0.3, -0.25) is 14.9 Å². The third-order valence-corrected chi connectivity index (χ3v) is 5.70. The van der Waals surface area contributed by atoms with E-state index in [-0.39, 0.29) is 5.57 Å². The number of ether oxygens (including phenoxy) is 2. The van der Waals surface area contributed by atoms with Gasteiger partial charge in [0.25, 0.3) is 11.8 Å². The Bertz CT molecular complexity index is 1130. The van der Waals surface area contributed by atoms with E-state index in [1.807, 2.05) is 0 Å². The van der Waals surface area contributed by atoms with Gasteiger partial charge in [0.05, 0.1) is 16.4 Å². The maximum Gasteiger partial charge on any atom is 0.335 e. The summed E-state index contributed by atoms with van der Waals surface area (Å²) in [5.74, 6) is -0.578. The van der Waals surface area contributed by atoms with Crippen LogP contribution in [0.4, 0.5) is 10.5 Å². The lowest BCUT2D eigenvalue weighted by molar-refractivity contribution is -0.122. The number of nitrogens with zero attached hydrogens (tertiary/aromatic N) is 1. The lowest BCUT2D eigenvalue weighted by atomic mass is 10.1. The minimum absolute atomic E-state index is 0.198. The van der Waals surface area contributed by atoms with E-state index < -0.39 is 17.8 Å². The zero-order valence-electron chi connectivity index (χ0n) is 16.7. The first-order valence-electron chi connectivity index (χ1n) is 9.06. The molecule has 9 heteroatoms. The van der Waals surface area contributed by atoms with Crippen LogP contribution in [-0.4, -0.2) is 31.6 Å². The molecule has 7 nitrogen and oxygen atoms in total. The number of anilines is 1. The van der Waals surface area contributed by atoms with Gasteiger partial charge in [-0.05, 0) is 71.0 Å². The summed E-state index contributed by atoms with van der Waals surface area (Å²) < 4.78 is 11.7. The Hall–Kier alpha value is -2.85. The Labute approximate surface area is 197 Å². The van der Waals surface area contributed by atoms with Crippen molar-refractivity contribution in [1.82, 2.24) is 5.32 Å². The van der Waals surface area contributed by atoms with Gasteiger partial charge in [0.1, 0.15) is 12.2 Å². The third-order valence-electron chi connectivity index (χ3n) is 4.49. The molecule has 0 aliphatic carbocycles. The number of carbonyl (C=O) groups is 3. The molecule has 0 radical (unpaired) electrons. The summed E-state index contributed by atoms with van der Waals surface area (Å²) in [5.41, 5.74) is 1.18. The summed E-state index contributed by atoms with van der Waals surface area (Å²) in [5, 5.41) is 2.60. The molecule has 2 aromatic carbocycles. The van der Waals surface area contributed by atoms with E-state index >= 15 is 0 Å². The standard InChI is InChI=1S/C22H18ClIN2O5/c1-4-8-31-19-16(24)10-13(11-18(19)30-3)9-14-20(27)25-22(29)26(21(14)28)17-7-5-6-15(23)12(17)2/h4-7,9-11H,1,8H2,2-3H3,(H,25,27,29)/b14-9+. The lowest BCUT2D eigenvalue weighted by Gasteiger charge is -2.27. The molecule has 160 valence electrons. The molecule has 3 rings (SSSR count). The highest BCUT2D eigenvalue weighted by Gasteiger charge is 2.37. The molecule has 4 amide bonds. The van der Waals surface area contributed by atoms with Crippen LogP contribution < -0.4 is 19.7 Å². The SMILES string of the molecule is C=CCOc1c(I)cc(/C=C2\C(=O)NC(=O)N(c3cccc(Cl)c3C)C2=O)cc1OC. The fourth-order valence-corrected chi connectivity index (χ4v) is 3.94. The number of methoxy groups -OCH3 is 1. The van der Waals surface area contributed by atoms with Gasteiger partial charge in [-0.25, -0.2) is 9.69 Å². The Morgan fingerprint density at radius 1 is 1.26 bits per heavy atom. The monoisotopic (exact) mass is 552 g/mol. The number of nitrogens with one attached hydrogen (secondary N) is 1. The highest BCUT2D eigenvalue weighted by Crippen LogP contribution is 2.35. The normalized spacial score (nSPS) is 15.2. The van der Waals surface area contributed by atoms with E-state index in [1.54, 1.807) is 43.3 Å². The van der Waals surface area contributed by atoms with Gasteiger partial charge in [0, 0.05) is 5.02 Å². The first-order valence-corrected chi connectivity index (χ1v) is 10.5. The number of rotatable bonds is 6. The van der Waals surface area contributed by atoms with Gasteiger partial charge >= 0.3 is 6.03 Å². The van der Waals surface area contributed by atoms with E-state index in [1.165, 1.54) is 13.2 Å². The van der Waals surface area contributed by atoms with E-state index in [0.717, 1.165) is 4.90 Å². The van der Waals surface area contributed by atoms with Crippen molar-refractivity contribution < 1.29 is 23.9 Å². The summed E-state index contributed by atoms with van der Waals surface area (Å²) in [6.45, 7) is 5.61. The van der Waals surface area contributed by atoms with Crippen LogP contribution in [0.2, 0.25) is 5.02 Å². The topological polar surface area (TPSA) is 84.9 Å². The van der Waals surface area contributed by atoms with Crippen molar-refractivity contribution in [3.63, 3.8) is 0 Å². The van der Waals surface area contributed by atoms with E-state index in [4.69, 9.17) is 21.1 Å². The zero-order chi connectivity index (χ0) is 22.7. The number of halogens is 2. The first-order chi connectivity index (χ1) is 14.8. The highest BCUT2D eigenvalue weighted by atomic mass is 127. The molecule has 31 heavy (non-hydrogen) atoms. The van der Waals surface area contributed by atoms with E-state index in [0.29, 0.717) is 43.5 Å². The van der Waals surface area contributed by atoms with Gasteiger partial charge in [-0.15, -0.1) is 0 Å². The van der Waals surface area contributed by atoms with Gasteiger partial charge < -0.3 is 9.47 Å². The molecule has 2 aromatic rings. The summed E-state index contributed by atoms with van der Waals surface area (Å²) in [6, 6.07) is 7.40. The van der Waals surface area contributed by atoms with Crippen LogP contribution in [-0.2, 0) is 9.59 Å². The van der Waals surface area contributed by atoms with Crippen molar-refractivity contribution in [2.45, 2.75) is 6.92 Å². The summed E-state index contributed by atoms with van der Waals surface area (Å²) in [4.78, 5) is 38.9. The fraction of sp³-hybridized carbons (Fsp3) is 0.136. The Morgan fingerprint density at radius 3 is 2.68 bits per heavy atom. The number of hydrogen-bond acceptors (Lipinski definition) is 5. The molecule has 0 saturated carbocycles. The van der Waals surface area contributed by atoms with Crippen molar-refractivity contribution in [3.05, 3.63) is 68.3 Å². The van der Waals surface area contributed by atoms with Crippen LogP contribution >= 0.6 is 34.2 Å². The molecule has 1 aliphatic heterocycles. The predicted molar refractivity (Wildman–Crippen MR) is 127 cm³/mol. The molecule has 0 atom stereocenters. The van der Waals surface area contributed by atoms with Crippen molar-refractivity contribution in [2.24, 2.45) is 0 Å². The molecular weight excluding hydrogens is 535 g/mol. The molecule has 1 aliphatic rings. The van der Waals surface area contributed by atoms with Crippen LogP contribution in [0.5, 0.6) is 11.5 Å². The lowest BCUT2D eigenvalue weighted by Crippen LogP contribution is -2.54. The molecule has 0 unspecified atom stereocenters. The Balaban J connectivity index is 2.05. The average molecular weight is 553 g/mol. The number of carbonyl (C=O) groups excluding carboxylic acids is 3. The quantitative estimate of drug-likeness (QED) is 0.247. The average Bonchev–Trinajstić information content (AvgIpc) is 2.73. The maximum absolute atomic E-state index is 13.1. The van der Waals surface area contributed by atoms with Crippen LogP contribution in [0.1, 0.15) is 11.1 Å². The van der Waals surface area contributed by atoms with Crippen LogP contribution in [0.3, 0.4) is 0 Å². The largest absolute Gasteiger partial charge is 0.493 e. The number of imide groups is 2. The number of urea groups is 1. The van der Waals surface area contributed by atoms with Crippen molar-refractivity contribution in [3.8, 4) is 11.5 Å². The summed E-state index contributed by atoms with van der Waals surface area (Å²) >= 11 is 8.21. The van der Waals surface area contributed by atoms with Crippen molar-refractivity contribution >= 4 is 63.8 Å². The molecule has 1 fully saturated rings. The first kappa shape index (κ1) is 22.8. The third kappa shape index (κ3) is 4.59. The van der Waals surface area contributed by atoms with Crippen molar-refractivity contribution in [2.75, 3.05) is 18.6 Å². The highest BCUT2D eigenvalue weighted by molar-refractivity contribution is 14.1. The molecule has 1 saturated heterocycles. The zero-order valence-corrected chi connectivity index (χ0v) is 19.6. The number of benzene rings is 2. The maximum atomic E-state index is 13.1. The molecule has 0 bridgehead atoms. The Kier molecular flexibility index (Phi) is 7.01. The molecular formula is C22H18ClIN2O5. The summed E-state index contributed by atoms with van der Waals surface area (Å²) in [7, 11) is 1.49. The van der Waals surface area contributed by atoms with Crippen LogP contribution in [0.15, 0.2) is 48.6 Å². The number of barbiturate groups is 1. The second-order valence-electron chi connectivity index (χ2n) is 6.48. The van der Waals surface area contributed by atoms with Crippen molar-refractivity contribution in [1.29, 1.82) is 0 Å². The number of amides is 4. The second-order valence-corrected chi connectivity index (χ2v) is 8.04. The molecule has 0 aromatic heterocycles. The minimum atomic E-state index is -0.835. The van der Waals surface area contributed by atoms with Gasteiger partial charge in [-0.2, -0.15) is 0 Å². The number of hydrogen-bond donors (Lipinski definition) is 1. The van der Waals surface area contributed by atoms with Crippen LogP contribution in [0.25, 0.3) is 6.08 Å². The van der Waals surface area contributed by atoms with E-state index in [9.17, 15) is 14.4 Å². The molecule has 1 heterocycles. The second kappa shape index (κ2) is 9.52. The smallest absolute Gasteiger partial charge is 0.335 e. The predicted octanol–water partition coefficient (Wildman–Crippen LogP) is 4.49. The van der Waals surface area contributed by atoms with Gasteiger partial charge in [-0.1, -0.05) is 30.3 Å². The van der Waals surface area contributed by atoms with Gasteiger partial charge in [0.2, 0.25) is 0 Å². The molecule has 0 spiro atoms. The fourth-order valence-electron chi connectivity index (χ4n) is 2.99. The Morgan fingerprint density at radius 2 is 2.00 bits per heavy atom. The summed E-state index contributed by atoms with van der Waals surface area (Å²) in [6.07, 6.45) is 3.01. The molecule has 1 N–H and O–H groups in total. The minimum Gasteiger partial charge on any atom is -0.493 e. The van der Waals surface area contributed by atoms with E-state index in [2.05, 4.69) is 34.5 Å².